The number of alkyl halides is 3. The first-order valence-corrected chi connectivity index (χ1v) is 6.50. The molecule has 0 aliphatic heterocycles. The lowest BCUT2D eigenvalue weighted by Crippen LogP contribution is -2.28. The molecule has 0 amide bonds. The molecule has 8 heteroatoms. The summed E-state index contributed by atoms with van der Waals surface area (Å²) in [6, 6.07) is 4.25. The number of halogens is 4. The Morgan fingerprint density at radius 2 is 1.91 bits per heavy atom. The van der Waals surface area contributed by atoms with Crippen molar-refractivity contribution in [2.45, 2.75) is 26.9 Å². The summed E-state index contributed by atoms with van der Waals surface area (Å²) in [4.78, 5) is 11.9. The Morgan fingerprint density at radius 3 is 2.36 bits per heavy atom. The molecule has 0 radical (unpaired) electrons. The van der Waals surface area contributed by atoms with Crippen LogP contribution in [0.3, 0.4) is 0 Å². The number of nitrogens with one attached hydrogen (secondary N) is 1. The lowest BCUT2D eigenvalue weighted by molar-refractivity contribution is -0.137. The highest BCUT2D eigenvalue weighted by Gasteiger charge is 2.31. The minimum Gasteiger partial charge on any atom is -0.291 e. The monoisotopic (exact) mass is 331 g/mol. The third kappa shape index (κ3) is 4.46. The summed E-state index contributed by atoms with van der Waals surface area (Å²) < 4.78 is 37.9. The van der Waals surface area contributed by atoms with Crippen molar-refractivity contribution in [1.29, 1.82) is 5.26 Å². The lowest BCUT2D eigenvalue weighted by Gasteiger charge is -2.15. The number of Topliss-reactive ketones (excluding diaryl/α,β-unsaturated/α-hetero) is 1. The maximum atomic E-state index is 12.6. The molecule has 0 spiro atoms. The van der Waals surface area contributed by atoms with Gasteiger partial charge in [0.05, 0.1) is 16.3 Å². The number of carbonyl (C=O) groups is 1. The standard InChI is InChI=1S/C14H13ClF3N3O/c1-13(2,3)12(22)11(7-19)21-20-10-6-8(14(16,17)18)4-5-9(10)15/h4-6,20H,1-3H3/b21-11+. The minimum absolute atomic E-state index is 0.0164. The van der Waals surface area contributed by atoms with E-state index in [2.05, 4.69) is 10.5 Å². The molecule has 1 aromatic carbocycles. The molecule has 1 rings (SSSR count). The number of nitrogens with zero attached hydrogens (tertiary/aromatic N) is 2. The maximum absolute atomic E-state index is 12.6. The van der Waals surface area contributed by atoms with Crippen molar-refractivity contribution >= 4 is 28.8 Å². The second-order valence-corrected chi connectivity index (χ2v) is 5.86. The van der Waals surface area contributed by atoms with Gasteiger partial charge in [-0.15, -0.1) is 0 Å². The molecular weight excluding hydrogens is 319 g/mol. The lowest BCUT2D eigenvalue weighted by atomic mass is 9.88. The molecule has 1 aromatic rings. The van der Waals surface area contributed by atoms with Crippen LogP contribution in [0.2, 0.25) is 5.02 Å². The van der Waals surface area contributed by atoms with Crippen molar-refractivity contribution in [3.63, 3.8) is 0 Å². The van der Waals surface area contributed by atoms with Crippen LogP contribution in [0.1, 0.15) is 26.3 Å². The minimum atomic E-state index is -4.54. The Morgan fingerprint density at radius 1 is 1.32 bits per heavy atom. The Kier molecular flexibility index (Phi) is 5.20. The van der Waals surface area contributed by atoms with Gasteiger partial charge in [-0.1, -0.05) is 32.4 Å². The molecule has 22 heavy (non-hydrogen) atoms. The number of nitriles is 1. The Balaban J connectivity index is 3.12. The van der Waals surface area contributed by atoms with Crippen LogP contribution in [0, 0.1) is 16.7 Å². The molecule has 0 saturated carbocycles. The molecule has 0 fully saturated rings. The van der Waals surface area contributed by atoms with Crippen molar-refractivity contribution in [3.05, 3.63) is 28.8 Å². The van der Waals surface area contributed by atoms with Crippen LogP contribution in [0.5, 0.6) is 0 Å². The molecule has 0 unspecified atom stereocenters. The van der Waals surface area contributed by atoms with Crippen molar-refractivity contribution in [3.8, 4) is 6.07 Å². The molecule has 0 aromatic heterocycles. The molecule has 0 bridgehead atoms. The van der Waals surface area contributed by atoms with Crippen molar-refractivity contribution in [2.75, 3.05) is 5.43 Å². The van der Waals surface area contributed by atoms with Crippen LogP contribution >= 0.6 is 11.6 Å². The fraction of sp³-hybridized carbons (Fsp3) is 0.357. The van der Waals surface area contributed by atoms with Gasteiger partial charge in [-0.3, -0.25) is 10.2 Å². The van der Waals surface area contributed by atoms with Gasteiger partial charge in [-0.25, -0.2) is 0 Å². The highest BCUT2D eigenvalue weighted by molar-refractivity contribution is 6.47. The van der Waals surface area contributed by atoms with E-state index in [1.165, 1.54) is 0 Å². The molecule has 0 saturated heterocycles. The molecule has 1 N–H and O–H groups in total. The molecule has 0 aliphatic rings. The van der Waals surface area contributed by atoms with Gasteiger partial charge in [0, 0.05) is 5.41 Å². The average molecular weight is 332 g/mol. The summed E-state index contributed by atoms with van der Waals surface area (Å²) in [5, 5.41) is 12.5. The molecule has 0 atom stereocenters. The third-order valence-electron chi connectivity index (χ3n) is 2.58. The number of hydrazone groups is 1. The van der Waals surface area contributed by atoms with E-state index in [4.69, 9.17) is 16.9 Å². The summed E-state index contributed by atoms with van der Waals surface area (Å²) in [5.41, 5.74) is -0.109. The highest BCUT2D eigenvalue weighted by atomic mass is 35.5. The summed E-state index contributed by atoms with van der Waals surface area (Å²) in [6.07, 6.45) is -4.54. The van der Waals surface area contributed by atoms with Crippen LogP contribution < -0.4 is 5.43 Å². The smallest absolute Gasteiger partial charge is 0.291 e. The molecule has 0 aliphatic carbocycles. The summed E-state index contributed by atoms with van der Waals surface area (Å²) >= 11 is 5.78. The van der Waals surface area contributed by atoms with E-state index in [1.54, 1.807) is 26.8 Å². The van der Waals surface area contributed by atoms with Gasteiger partial charge >= 0.3 is 6.18 Å². The van der Waals surface area contributed by atoms with Crippen LogP contribution in [0.4, 0.5) is 18.9 Å². The quantitative estimate of drug-likeness (QED) is 0.664. The highest BCUT2D eigenvalue weighted by Crippen LogP contribution is 2.33. The van der Waals surface area contributed by atoms with Gasteiger partial charge < -0.3 is 0 Å². The van der Waals surface area contributed by atoms with Crippen LogP contribution in [0.25, 0.3) is 0 Å². The summed E-state index contributed by atoms with van der Waals surface area (Å²) in [5.74, 6) is -0.536. The van der Waals surface area contributed by atoms with Gasteiger partial charge in [0.2, 0.25) is 5.71 Å². The number of benzene rings is 1. The molecule has 4 nitrogen and oxygen atoms in total. The SMILES string of the molecule is CC(C)(C)C(=O)/C(C#N)=N/Nc1cc(C(F)(F)F)ccc1Cl. The second kappa shape index (κ2) is 6.36. The molecule has 118 valence electrons. The predicted molar refractivity (Wildman–Crippen MR) is 77.6 cm³/mol. The zero-order valence-corrected chi connectivity index (χ0v) is 12.8. The van der Waals surface area contributed by atoms with E-state index in [0.717, 1.165) is 18.2 Å². The van der Waals surface area contributed by atoms with Gasteiger partial charge in [0.1, 0.15) is 6.07 Å². The van der Waals surface area contributed by atoms with Gasteiger partial charge in [-0.05, 0) is 18.2 Å². The first-order chi connectivity index (χ1) is 9.96. The van der Waals surface area contributed by atoms with E-state index in [-0.39, 0.29) is 10.7 Å². The van der Waals surface area contributed by atoms with Gasteiger partial charge in [0.15, 0.2) is 5.78 Å². The van der Waals surface area contributed by atoms with Crippen molar-refractivity contribution in [1.82, 2.24) is 0 Å². The van der Waals surface area contributed by atoms with Gasteiger partial charge in [0.25, 0.3) is 0 Å². The van der Waals surface area contributed by atoms with Crippen molar-refractivity contribution < 1.29 is 18.0 Å². The first kappa shape index (κ1) is 18.0. The largest absolute Gasteiger partial charge is 0.416 e. The summed E-state index contributed by atoms with van der Waals surface area (Å²) in [6.45, 7) is 4.79. The van der Waals surface area contributed by atoms with Crippen LogP contribution in [0.15, 0.2) is 23.3 Å². The first-order valence-electron chi connectivity index (χ1n) is 6.12. The molecular formula is C14H13ClF3N3O. The Bertz CT molecular complexity index is 655. The zero-order valence-electron chi connectivity index (χ0n) is 12.0. The van der Waals surface area contributed by atoms with E-state index in [1.807, 2.05) is 0 Å². The number of ketones is 1. The Hall–Kier alpha value is -2.07. The van der Waals surface area contributed by atoms with Gasteiger partial charge in [-0.2, -0.15) is 23.5 Å². The van der Waals surface area contributed by atoms with E-state index in [9.17, 15) is 18.0 Å². The predicted octanol–water partition coefficient (Wildman–Crippen LogP) is 4.27. The molecule has 0 heterocycles. The average Bonchev–Trinajstić information content (AvgIpc) is 2.38. The summed E-state index contributed by atoms with van der Waals surface area (Å²) in [7, 11) is 0. The number of rotatable bonds is 3. The van der Waals surface area contributed by atoms with Crippen LogP contribution in [-0.2, 0) is 11.0 Å². The number of hydrogen-bond acceptors (Lipinski definition) is 4. The van der Waals surface area contributed by atoms with E-state index in [0.29, 0.717) is 0 Å². The fourth-order valence-electron chi connectivity index (χ4n) is 1.39. The topological polar surface area (TPSA) is 65.2 Å². The van der Waals surface area contributed by atoms with E-state index < -0.39 is 28.6 Å². The number of anilines is 1. The number of hydrogen-bond donors (Lipinski definition) is 1. The number of carbonyl (C=O) groups excluding carboxylic acids is 1. The zero-order chi connectivity index (χ0) is 17.1. The van der Waals surface area contributed by atoms with Crippen molar-refractivity contribution in [2.24, 2.45) is 10.5 Å². The van der Waals surface area contributed by atoms with E-state index >= 15 is 0 Å². The fourth-order valence-corrected chi connectivity index (χ4v) is 1.54. The Labute approximate surface area is 130 Å². The van der Waals surface area contributed by atoms with Crippen LogP contribution in [-0.4, -0.2) is 11.5 Å². The normalized spacial score (nSPS) is 12.7. The second-order valence-electron chi connectivity index (χ2n) is 5.46. The maximum Gasteiger partial charge on any atom is 0.416 e. The third-order valence-corrected chi connectivity index (χ3v) is 2.91.